The molecule has 1 amide bonds. The molecule has 3 rings (SSSR count). The molecular formula is C27H31ClN2O4S. The van der Waals surface area contributed by atoms with Crippen LogP contribution >= 0.6 is 11.6 Å². The zero-order valence-corrected chi connectivity index (χ0v) is 22.3. The Kier molecular flexibility index (Phi) is 8.13. The van der Waals surface area contributed by atoms with E-state index in [9.17, 15) is 13.2 Å². The monoisotopic (exact) mass is 514 g/mol. The summed E-state index contributed by atoms with van der Waals surface area (Å²) in [6, 6.07) is 14.9. The number of anilines is 1. The molecule has 0 fully saturated rings. The largest absolute Gasteiger partial charge is 0.496 e. The number of carbonyl (C=O) groups is 1. The second kappa shape index (κ2) is 10.7. The molecule has 0 saturated carbocycles. The van der Waals surface area contributed by atoms with Crippen molar-refractivity contribution in [3.05, 3.63) is 87.4 Å². The quantitative estimate of drug-likeness (QED) is 0.365. The average molecular weight is 515 g/mol. The number of carbonyl (C=O) groups excluding carboxylic acids is 1. The van der Waals surface area contributed by atoms with E-state index >= 15 is 0 Å². The number of hydrogen-bond donors (Lipinski definition) is 2. The SMILES string of the molecule is COc1cc(C)c(C(C)NC(=O)c2ccc(Cl)c(S(=O)(=O)Nc3cccc(C)c3)c2)cc1C(C)C. The van der Waals surface area contributed by atoms with Crippen LogP contribution in [0.1, 0.15) is 65.3 Å². The predicted octanol–water partition coefficient (Wildman–Crippen LogP) is 6.38. The van der Waals surface area contributed by atoms with Crippen molar-refractivity contribution in [2.45, 2.75) is 51.5 Å². The van der Waals surface area contributed by atoms with Crippen molar-refractivity contribution >= 4 is 33.2 Å². The number of halogens is 1. The van der Waals surface area contributed by atoms with Crippen LogP contribution in [0.15, 0.2) is 59.5 Å². The number of ether oxygens (including phenoxy) is 1. The van der Waals surface area contributed by atoms with Gasteiger partial charge in [-0.15, -0.1) is 0 Å². The van der Waals surface area contributed by atoms with Crippen molar-refractivity contribution in [2.24, 2.45) is 0 Å². The zero-order chi connectivity index (χ0) is 25.9. The summed E-state index contributed by atoms with van der Waals surface area (Å²) in [5, 5.41) is 3.00. The first-order valence-corrected chi connectivity index (χ1v) is 13.2. The Bertz CT molecular complexity index is 1350. The van der Waals surface area contributed by atoms with Crippen LogP contribution in [0.2, 0.25) is 5.02 Å². The van der Waals surface area contributed by atoms with Crippen molar-refractivity contribution in [3.63, 3.8) is 0 Å². The first kappa shape index (κ1) is 26.6. The number of benzene rings is 3. The fourth-order valence-corrected chi connectivity index (χ4v) is 5.51. The third-order valence-corrected chi connectivity index (χ3v) is 7.67. The van der Waals surface area contributed by atoms with Gasteiger partial charge in [0.2, 0.25) is 0 Å². The lowest BCUT2D eigenvalue weighted by Gasteiger charge is -2.21. The van der Waals surface area contributed by atoms with E-state index in [1.165, 1.54) is 18.2 Å². The topological polar surface area (TPSA) is 84.5 Å². The summed E-state index contributed by atoms with van der Waals surface area (Å²) in [6.45, 7) is 9.89. The molecule has 186 valence electrons. The van der Waals surface area contributed by atoms with Gasteiger partial charge in [0.05, 0.1) is 18.2 Å². The molecule has 2 N–H and O–H groups in total. The standard InChI is InChI=1S/C27H31ClN2O4S/c1-16(2)22-15-23(18(4)13-25(22)34-6)19(5)29-27(31)20-10-11-24(28)26(14-20)35(32,33)30-21-9-7-8-17(3)12-21/h7-16,19,30H,1-6H3,(H,29,31). The first-order chi connectivity index (χ1) is 16.4. The highest BCUT2D eigenvalue weighted by molar-refractivity contribution is 7.92. The van der Waals surface area contributed by atoms with E-state index in [1.54, 1.807) is 25.3 Å². The normalized spacial score (nSPS) is 12.3. The summed E-state index contributed by atoms with van der Waals surface area (Å²) >= 11 is 6.22. The number of amides is 1. The van der Waals surface area contributed by atoms with Crippen LogP contribution in [-0.4, -0.2) is 21.4 Å². The van der Waals surface area contributed by atoms with Crippen LogP contribution in [-0.2, 0) is 10.0 Å². The Morgan fingerprint density at radius 3 is 2.31 bits per heavy atom. The fraction of sp³-hybridized carbons (Fsp3) is 0.296. The maximum Gasteiger partial charge on any atom is 0.263 e. The number of sulfonamides is 1. The molecule has 3 aromatic carbocycles. The molecule has 35 heavy (non-hydrogen) atoms. The van der Waals surface area contributed by atoms with E-state index in [2.05, 4.69) is 23.9 Å². The Balaban J connectivity index is 1.87. The summed E-state index contributed by atoms with van der Waals surface area (Å²) in [7, 11) is -2.36. The number of hydrogen-bond acceptors (Lipinski definition) is 4. The molecule has 0 heterocycles. The van der Waals surface area contributed by atoms with E-state index in [0.29, 0.717) is 5.69 Å². The van der Waals surface area contributed by atoms with Gasteiger partial charge in [0.15, 0.2) is 0 Å². The van der Waals surface area contributed by atoms with Gasteiger partial charge in [-0.05, 0) is 91.4 Å². The minimum absolute atomic E-state index is 0.0299. The second-order valence-electron chi connectivity index (χ2n) is 8.92. The molecule has 1 atom stereocenters. The van der Waals surface area contributed by atoms with Gasteiger partial charge in [-0.3, -0.25) is 9.52 Å². The molecule has 0 aliphatic rings. The highest BCUT2D eigenvalue weighted by Crippen LogP contribution is 2.32. The molecule has 0 aromatic heterocycles. The van der Waals surface area contributed by atoms with Crippen molar-refractivity contribution in [1.82, 2.24) is 5.32 Å². The Labute approximate surface area is 212 Å². The summed E-state index contributed by atoms with van der Waals surface area (Å²) < 4.78 is 34.1. The van der Waals surface area contributed by atoms with Crippen molar-refractivity contribution in [1.29, 1.82) is 0 Å². The highest BCUT2D eigenvalue weighted by Gasteiger charge is 2.22. The van der Waals surface area contributed by atoms with Gasteiger partial charge in [-0.25, -0.2) is 8.42 Å². The average Bonchev–Trinajstić information content (AvgIpc) is 2.78. The van der Waals surface area contributed by atoms with Crippen LogP contribution < -0.4 is 14.8 Å². The third-order valence-electron chi connectivity index (χ3n) is 5.81. The third kappa shape index (κ3) is 6.16. The molecule has 0 spiro atoms. The van der Waals surface area contributed by atoms with Crippen LogP contribution in [0.4, 0.5) is 5.69 Å². The maximum absolute atomic E-state index is 13.1. The number of methoxy groups -OCH3 is 1. The minimum atomic E-state index is -4.00. The summed E-state index contributed by atoms with van der Waals surface area (Å²) in [4.78, 5) is 12.9. The summed E-state index contributed by atoms with van der Waals surface area (Å²) in [5.74, 6) is 0.660. The highest BCUT2D eigenvalue weighted by atomic mass is 35.5. The lowest BCUT2D eigenvalue weighted by molar-refractivity contribution is 0.0939. The van der Waals surface area contributed by atoms with Crippen LogP contribution in [0.3, 0.4) is 0 Å². The maximum atomic E-state index is 13.1. The van der Waals surface area contributed by atoms with Gasteiger partial charge in [-0.2, -0.15) is 0 Å². The summed E-state index contributed by atoms with van der Waals surface area (Å²) in [6.07, 6.45) is 0. The molecule has 8 heteroatoms. The number of nitrogens with one attached hydrogen (secondary N) is 2. The molecule has 0 aliphatic heterocycles. The van der Waals surface area contributed by atoms with Gasteiger partial charge >= 0.3 is 0 Å². The molecule has 0 bridgehead atoms. The van der Waals surface area contributed by atoms with Crippen LogP contribution in [0, 0.1) is 13.8 Å². The van der Waals surface area contributed by atoms with Crippen molar-refractivity contribution in [3.8, 4) is 5.75 Å². The molecule has 0 aliphatic carbocycles. The number of rotatable bonds is 8. The smallest absolute Gasteiger partial charge is 0.263 e. The van der Waals surface area contributed by atoms with Gasteiger partial charge in [0.25, 0.3) is 15.9 Å². The predicted molar refractivity (Wildman–Crippen MR) is 141 cm³/mol. The lowest BCUT2D eigenvalue weighted by Crippen LogP contribution is -2.27. The van der Waals surface area contributed by atoms with E-state index in [1.807, 2.05) is 39.0 Å². The Morgan fingerprint density at radius 1 is 0.971 bits per heavy atom. The van der Waals surface area contributed by atoms with E-state index in [-0.39, 0.29) is 27.4 Å². The molecule has 6 nitrogen and oxygen atoms in total. The van der Waals surface area contributed by atoms with Gasteiger partial charge < -0.3 is 10.1 Å². The molecule has 0 saturated heterocycles. The second-order valence-corrected chi connectivity index (χ2v) is 11.0. The first-order valence-electron chi connectivity index (χ1n) is 11.3. The molecule has 1 unspecified atom stereocenters. The van der Waals surface area contributed by atoms with Gasteiger partial charge in [0.1, 0.15) is 10.6 Å². The summed E-state index contributed by atoms with van der Waals surface area (Å²) in [5.41, 5.74) is 4.53. The van der Waals surface area contributed by atoms with E-state index in [0.717, 1.165) is 28.0 Å². The van der Waals surface area contributed by atoms with Crippen molar-refractivity contribution < 1.29 is 17.9 Å². The number of aryl methyl sites for hydroxylation is 2. The van der Waals surface area contributed by atoms with Crippen LogP contribution in [0.5, 0.6) is 5.75 Å². The Hall–Kier alpha value is -3.03. The fourth-order valence-electron chi connectivity index (χ4n) is 3.94. The molecular weight excluding hydrogens is 484 g/mol. The zero-order valence-electron chi connectivity index (χ0n) is 20.8. The minimum Gasteiger partial charge on any atom is -0.496 e. The molecule has 3 aromatic rings. The Morgan fingerprint density at radius 2 is 1.69 bits per heavy atom. The van der Waals surface area contributed by atoms with Gasteiger partial charge in [-0.1, -0.05) is 37.6 Å². The lowest BCUT2D eigenvalue weighted by atomic mass is 9.93. The van der Waals surface area contributed by atoms with Gasteiger partial charge in [0, 0.05) is 11.3 Å². The van der Waals surface area contributed by atoms with Crippen molar-refractivity contribution in [2.75, 3.05) is 11.8 Å². The van der Waals surface area contributed by atoms with E-state index in [4.69, 9.17) is 16.3 Å². The molecule has 0 radical (unpaired) electrons. The van der Waals surface area contributed by atoms with Crippen LogP contribution in [0.25, 0.3) is 0 Å². The van der Waals surface area contributed by atoms with E-state index < -0.39 is 15.9 Å².